The Labute approximate surface area is 123 Å². The Hall–Kier alpha value is -1.13. The van der Waals surface area contributed by atoms with Gasteiger partial charge in [0.1, 0.15) is 5.82 Å². The smallest absolute Gasteiger partial charge is 0.125 e. The number of hydrogen-bond donors (Lipinski definition) is 1. The van der Waals surface area contributed by atoms with E-state index in [9.17, 15) is 0 Å². The van der Waals surface area contributed by atoms with Gasteiger partial charge in [-0.15, -0.1) is 0 Å². The Morgan fingerprint density at radius 1 is 1.42 bits per heavy atom. The summed E-state index contributed by atoms with van der Waals surface area (Å²) in [7, 11) is 2.05. The first-order chi connectivity index (χ1) is 9.20. The van der Waals surface area contributed by atoms with Crippen LogP contribution in [0.3, 0.4) is 0 Å². The zero-order valence-corrected chi connectivity index (χ0v) is 13.0. The maximum absolute atomic E-state index is 4.48. The molecule has 0 aliphatic carbocycles. The Kier molecular flexibility index (Phi) is 5.16. The monoisotopic (exact) mass is 321 g/mol. The summed E-state index contributed by atoms with van der Waals surface area (Å²) in [5.74, 6) is 1.09. The molecule has 0 fully saturated rings. The molecule has 1 aromatic carbocycles. The number of aryl methyl sites for hydroxylation is 1. The summed E-state index contributed by atoms with van der Waals surface area (Å²) < 4.78 is 3.21. The van der Waals surface area contributed by atoms with Crippen molar-refractivity contribution in [2.45, 2.75) is 25.8 Å². The summed E-state index contributed by atoms with van der Waals surface area (Å²) in [6, 6.07) is 8.72. The highest BCUT2D eigenvalue weighted by Crippen LogP contribution is 2.19. The highest BCUT2D eigenvalue weighted by Gasteiger charge is 2.15. The van der Waals surface area contributed by atoms with Gasteiger partial charge in [-0.1, -0.05) is 35.0 Å². The van der Waals surface area contributed by atoms with Crippen LogP contribution in [0.1, 0.15) is 30.8 Å². The van der Waals surface area contributed by atoms with Crippen molar-refractivity contribution >= 4 is 15.9 Å². The molecule has 0 bridgehead atoms. The fourth-order valence-electron chi connectivity index (χ4n) is 2.19. The van der Waals surface area contributed by atoms with E-state index in [0.717, 1.165) is 29.7 Å². The Morgan fingerprint density at radius 2 is 2.26 bits per heavy atom. The predicted molar refractivity (Wildman–Crippen MR) is 82.1 cm³/mol. The number of nitrogens with one attached hydrogen (secondary N) is 1. The average Bonchev–Trinajstić information content (AvgIpc) is 2.81. The highest BCUT2D eigenvalue weighted by atomic mass is 79.9. The minimum absolute atomic E-state index is 0.259. The second-order valence-corrected chi connectivity index (χ2v) is 5.65. The molecular weight excluding hydrogens is 302 g/mol. The van der Waals surface area contributed by atoms with Gasteiger partial charge in [0, 0.05) is 23.9 Å². The van der Waals surface area contributed by atoms with Crippen molar-refractivity contribution in [1.29, 1.82) is 0 Å². The average molecular weight is 322 g/mol. The molecule has 0 saturated carbocycles. The van der Waals surface area contributed by atoms with Crippen LogP contribution < -0.4 is 5.32 Å². The van der Waals surface area contributed by atoms with Gasteiger partial charge in [0.2, 0.25) is 0 Å². The van der Waals surface area contributed by atoms with Crippen molar-refractivity contribution < 1.29 is 0 Å². The number of aromatic nitrogens is 2. The van der Waals surface area contributed by atoms with Gasteiger partial charge in [-0.2, -0.15) is 0 Å². The molecule has 1 N–H and O–H groups in total. The lowest BCUT2D eigenvalue weighted by Gasteiger charge is -2.18. The predicted octanol–water partition coefficient (Wildman–Crippen LogP) is 3.47. The lowest BCUT2D eigenvalue weighted by Crippen LogP contribution is -2.26. The van der Waals surface area contributed by atoms with Gasteiger partial charge in [0.15, 0.2) is 0 Å². The topological polar surface area (TPSA) is 29.9 Å². The summed E-state index contributed by atoms with van der Waals surface area (Å²) in [6.45, 7) is 3.19. The second kappa shape index (κ2) is 6.87. The van der Waals surface area contributed by atoms with E-state index in [0.29, 0.717) is 0 Å². The molecule has 0 aliphatic rings. The normalized spacial score (nSPS) is 12.6. The quantitative estimate of drug-likeness (QED) is 0.883. The highest BCUT2D eigenvalue weighted by molar-refractivity contribution is 9.10. The van der Waals surface area contributed by atoms with E-state index < -0.39 is 0 Å². The molecule has 0 saturated heterocycles. The first-order valence-corrected chi connectivity index (χ1v) is 7.45. The molecule has 2 rings (SSSR count). The van der Waals surface area contributed by atoms with Crippen molar-refractivity contribution in [2.75, 3.05) is 6.54 Å². The third-order valence-electron chi connectivity index (χ3n) is 3.14. The molecular formula is C15H20BrN3. The van der Waals surface area contributed by atoms with Crippen LogP contribution in [0.15, 0.2) is 41.1 Å². The Balaban J connectivity index is 2.16. The minimum atomic E-state index is 0.259. The maximum atomic E-state index is 4.48. The molecule has 0 radical (unpaired) electrons. The Bertz CT molecular complexity index is 522. The van der Waals surface area contributed by atoms with Gasteiger partial charge >= 0.3 is 0 Å². The molecule has 4 heteroatoms. The van der Waals surface area contributed by atoms with Gasteiger partial charge in [-0.05, 0) is 37.1 Å². The van der Waals surface area contributed by atoms with Crippen LogP contribution in [0.2, 0.25) is 0 Å². The summed E-state index contributed by atoms with van der Waals surface area (Å²) in [5.41, 5.74) is 1.31. The van der Waals surface area contributed by atoms with Crippen molar-refractivity contribution in [3.63, 3.8) is 0 Å². The van der Waals surface area contributed by atoms with Crippen LogP contribution in [-0.4, -0.2) is 16.1 Å². The van der Waals surface area contributed by atoms with Crippen LogP contribution in [0, 0.1) is 0 Å². The number of rotatable bonds is 6. The molecule has 0 aliphatic heterocycles. The van der Waals surface area contributed by atoms with E-state index >= 15 is 0 Å². The van der Waals surface area contributed by atoms with Gasteiger partial charge in [0.05, 0.1) is 6.04 Å². The van der Waals surface area contributed by atoms with E-state index in [4.69, 9.17) is 0 Å². The number of imidazole rings is 1. The van der Waals surface area contributed by atoms with Gasteiger partial charge in [-0.3, -0.25) is 0 Å². The van der Waals surface area contributed by atoms with E-state index in [1.54, 1.807) is 0 Å². The molecule has 1 heterocycles. The maximum Gasteiger partial charge on any atom is 0.125 e. The lowest BCUT2D eigenvalue weighted by atomic mass is 10.1. The number of halogens is 1. The molecule has 0 amide bonds. The van der Waals surface area contributed by atoms with Crippen molar-refractivity contribution in [3.05, 3.63) is 52.5 Å². The first kappa shape index (κ1) is 14.3. The summed E-state index contributed by atoms with van der Waals surface area (Å²) in [5, 5.41) is 3.58. The first-order valence-electron chi connectivity index (χ1n) is 6.65. The summed E-state index contributed by atoms with van der Waals surface area (Å²) in [4.78, 5) is 4.48. The van der Waals surface area contributed by atoms with E-state index in [1.165, 1.54) is 5.56 Å². The van der Waals surface area contributed by atoms with Crippen LogP contribution in [0.4, 0.5) is 0 Å². The van der Waals surface area contributed by atoms with Crippen LogP contribution in [0.25, 0.3) is 0 Å². The molecule has 2 aromatic rings. The van der Waals surface area contributed by atoms with E-state index in [2.05, 4.69) is 62.0 Å². The molecule has 1 unspecified atom stereocenters. The lowest BCUT2D eigenvalue weighted by molar-refractivity contribution is 0.491. The van der Waals surface area contributed by atoms with Crippen LogP contribution >= 0.6 is 15.9 Å². The van der Waals surface area contributed by atoms with E-state index in [-0.39, 0.29) is 6.04 Å². The Morgan fingerprint density at radius 3 is 2.89 bits per heavy atom. The van der Waals surface area contributed by atoms with Crippen molar-refractivity contribution in [1.82, 2.24) is 14.9 Å². The van der Waals surface area contributed by atoms with Crippen molar-refractivity contribution in [3.8, 4) is 0 Å². The summed E-state index contributed by atoms with van der Waals surface area (Å²) in [6.07, 6.45) is 5.93. The van der Waals surface area contributed by atoms with Gasteiger partial charge in [0.25, 0.3) is 0 Å². The van der Waals surface area contributed by atoms with E-state index in [1.807, 2.05) is 19.4 Å². The number of benzene rings is 1. The zero-order chi connectivity index (χ0) is 13.7. The molecule has 1 atom stereocenters. The third-order valence-corrected chi connectivity index (χ3v) is 3.63. The summed E-state index contributed by atoms with van der Waals surface area (Å²) >= 11 is 3.53. The fourth-order valence-corrected chi connectivity index (χ4v) is 2.63. The molecule has 19 heavy (non-hydrogen) atoms. The van der Waals surface area contributed by atoms with Crippen LogP contribution in [-0.2, 0) is 13.5 Å². The second-order valence-electron chi connectivity index (χ2n) is 4.74. The fraction of sp³-hybridized carbons (Fsp3) is 0.400. The molecule has 0 spiro atoms. The minimum Gasteiger partial charge on any atom is -0.337 e. The van der Waals surface area contributed by atoms with Crippen molar-refractivity contribution in [2.24, 2.45) is 7.05 Å². The zero-order valence-electron chi connectivity index (χ0n) is 11.4. The standard InChI is InChI=1S/C15H20BrN3/c1-3-7-17-14(15-18-8-9-19(15)2)11-12-5-4-6-13(16)10-12/h4-6,8-10,14,17H,3,7,11H2,1-2H3. The van der Waals surface area contributed by atoms with Gasteiger partial charge < -0.3 is 9.88 Å². The molecule has 1 aromatic heterocycles. The number of hydrogen-bond acceptors (Lipinski definition) is 2. The molecule has 3 nitrogen and oxygen atoms in total. The SMILES string of the molecule is CCCNC(Cc1cccc(Br)c1)c1nccn1C. The molecule has 102 valence electrons. The third kappa shape index (κ3) is 3.91. The van der Waals surface area contributed by atoms with Gasteiger partial charge in [-0.25, -0.2) is 4.98 Å². The largest absolute Gasteiger partial charge is 0.337 e. The number of nitrogens with zero attached hydrogens (tertiary/aromatic N) is 2. The van der Waals surface area contributed by atoms with Crippen LogP contribution in [0.5, 0.6) is 0 Å².